The molecule has 0 aliphatic rings. The first-order valence-electron chi connectivity index (χ1n) is 8.96. The fraction of sp³-hybridized carbons (Fsp3) is 1.00. The van der Waals surface area contributed by atoms with Crippen molar-refractivity contribution >= 4 is 9.76 Å². The van der Waals surface area contributed by atoms with Crippen LogP contribution < -0.4 is 0 Å². The van der Waals surface area contributed by atoms with Gasteiger partial charge >= 0.3 is 0 Å². The van der Waals surface area contributed by atoms with Crippen molar-refractivity contribution in [1.82, 2.24) is 0 Å². The summed E-state index contributed by atoms with van der Waals surface area (Å²) in [6.45, 7) is 6.82. The van der Waals surface area contributed by atoms with Crippen molar-refractivity contribution in [2.75, 3.05) is 0 Å². The number of unbranched alkanes of at least 4 members (excludes halogenated alkanes) is 8. The molecule has 0 heterocycles. The minimum Gasteiger partial charge on any atom is -0.421 e. The van der Waals surface area contributed by atoms with Gasteiger partial charge < -0.3 is 4.43 Å². The summed E-state index contributed by atoms with van der Waals surface area (Å²) >= 11 is 0. The van der Waals surface area contributed by atoms with Gasteiger partial charge in [-0.05, 0) is 18.9 Å². The molecule has 0 fully saturated rings. The predicted molar refractivity (Wildman–Crippen MR) is 90.7 cm³/mol. The molecule has 0 rings (SSSR count). The highest BCUT2D eigenvalue weighted by Gasteiger charge is 2.04. The van der Waals surface area contributed by atoms with Crippen LogP contribution in [0.25, 0.3) is 0 Å². The van der Waals surface area contributed by atoms with Crippen LogP contribution in [0, 0.1) is 0 Å². The molecule has 0 radical (unpaired) electrons. The Balaban J connectivity index is 3.16. The van der Waals surface area contributed by atoms with Gasteiger partial charge in [0.2, 0.25) is 0 Å². The van der Waals surface area contributed by atoms with Crippen molar-refractivity contribution in [3.8, 4) is 0 Å². The molecule has 0 aromatic heterocycles. The summed E-state index contributed by atoms with van der Waals surface area (Å²) in [4.78, 5) is 0. The zero-order chi connectivity index (χ0) is 14.2. The Bertz CT molecular complexity index is 161. The third-order valence-corrected chi connectivity index (χ3v) is 5.43. The van der Waals surface area contributed by atoms with Crippen molar-refractivity contribution < 1.29 is 4.43 Å². The molecule has 0 amide bonds. The van der Waals surface area contributed by atoms with Crippen molar-refractivity contribution in [1.29, 1.82) is 0 Å². The van der Waals surface area contributed by atoms with Crippen LogP contribution in [0.3, 0.4) is 0 Å². The number of hydrogen-bond acceptors (Lipinski definition) is 1. The van der Waals surface area contributed by atoms with E-state index < -0.39 is 0 Å². The Morgan fingerprint density at radius 3 is 1.89 bits per heavy atom. The summed E-state index contributed by atoms with van der Waals surface area (Å²) in [6.07, 6.45) is 17.2. The Labute approximate surface area is 124 Å². The minimum absolute atomic E-state index is 0.223. The number of rotatable bonds is 15. The molecule has 0 bridgehead atoms. The second-order valence-corrected chi connectivity index (χ2v) is 7.32. The van der Waals surface area contributed by atoms with E-state index in [1.807, 2.05) is 0 Å². The largest absolute Gasteiger partial charge is 0.421 e. The molecule has 0 aromatic rings. The van der Waals surface area contributed by atoms with Gasteiger partial charge in [0.15, 0.2) is 9.76 Å². The maximum Gasteiger partial charge on any atom is 0.161 e. The molecule has 0 spiro atoms. The normalized spacial score (nSPS) is 13.4. The Kier molecular flexibility index (Phi) is 16.4. The predicted octanol–water partition coefficient (Wildman–Crippen LogP) is 5.61. The molecule has 1 atom stereocenters. The molecule has 0 aliphatic carbocycles. The highest BCUT2D eigenvalue weighted by atomic mass is 28.2. The third-order valence-electron chi connectivity index (χ3n) is 3.94. The molecule has 1 unspecified atom stereocenters. The summed E-state index contributed by atoms with van der Waals surface area (Å²) in [7, 11) is -0.223. The van der Waals surface area contributed by atoms with Crippen LogP contribution in [0.1, 0.15) is 97.8 Å². The Morgan fingerprint density at radius 1 is 0.737 bits per heavy atom. The van der Waals surface area contributed by atoms with Crippen LogP contribution in [0.4, 0.5) is 0 Å². The molecule has 0 N–H and O–H groups in total. The lowest BCUT2D eigenvalue weighted by molar-refractivity contribution is 0.192. The summed E-state index contributed by atoms with van der Waals surface area (Å²) in [5, 5.41) is 0. The molecular formula is C17H38OSi. The lowest BCUT2D eigenvalue weighted by Gasteiger charge is -2.15. The lowest BCUT2D eigenvalue weighted by atomic mass is 10.1. The van der Waals surface area contributed by atoms with Gasteiger partial charge in [-0.3, -0.25) is 0 Å². The standard InChI is InChI=1S/C17H38OSi/c1-4-7-9-10-11-12-13-14-16-19-18-17(6-3)15-8-5-2/h17H,4-16,19H2,1-3H3. The van der Waals surface area contributed by atoms with Crippen molar-refractivity contribution in [3.05, 3.63) is 0 Å². The van der Waals surface area contributed by atoms with Gasteiger partial charge in [0.05, 0.1) is 0 Å². The molecule has 1 nitrogen and oxygen atoms in total. The Morgan fingerprint density at radius 2 is 1.32 bits per heavy atom. The lowest BCUT2D eigenvalue weighted by Crippen LogP contribution is -2.14. The molecule has 0 saturated carbocycles. The van der Waals surface area contributed by atoms with E-state index in [9.17, 15) is 0 Å². The first kappa shape index (κ1) is 19.2. The minimum atomic E-state index is -0.223. The zero-order valence-electron chi connectivity index (χ0n) is 13.9. The van der Waals surface area contributed by atoms with E-state index in [1.54, 1.807) is 0 Å². The highest BCUT2D eigenvalue weighted by Crippen LogP contribution is 2.11. The van der Waals surface area contributed by atoms with Gasteiger partial charge in [0.1, 0.15) is 0 Å². The van der Waals surface area contributed by atoms with Crippen molar-refractivity contribution in [3.63, 3.8) is 0 Å². The van der Waals surface area contributed by atoms with E-state index in [-0.39, 0.29) is 9.76 Å². The van der Waals surface area contributed by atoms with Crippen LogP contribution in [-0.2, 0) is 4.43 Å². The van der Waals surface area contributed by atoms with Gasteiger partial charge in [-0.15, -0.1) is 0 Å². The van der Waals surface area contributed by atoms with Crippen molar-refractivity contribution in [2.24, 2.45) is 0 Å². The van der Waals surface area contributed by atoms with Gasteiger partial charge in [0, 0.05) is 6.10 Å². The Hall–Kier alpha value is 0.177. The monoisotopic (exact) mass is 286 g/mol. The molecule has 0 aromatic carbocycles. The van der Waals surface area contributed by atoms with E-state index in [2.05, 4.69) is 20.8 Å². The second kappa shape index (κ2) is 16.2. The van der Waals surface area contributed by atoms with Crippen LogP contribution in [0.15, 0.2) is 0 Å². The molecule has 19 heavy (non-hydrogen) atoms. The van der Waals surface area contributed by atoms with Gasteiger partial charge in [-0.1, -0.05) is 85.0 Å². The van der Waals surface area contributed by atoms with E-state index in [1.165, 1.54) is 83.1 Å². The summed E-state index contributed by atoms with van der Waals surface area (Å²) in [6, 6.07) is 1.40. The van der Waals surface area contributed by atoms with E-state index in [0.29, 0.717) is 6.10 Å². The first-order chi connectivity index (χ1) is 9.35. The number of hydrogen-bond donors (Lipinski definition) is 0. The van der Waals surface area contributed by atoms with Crippen LogP contribution in [-0.4, -0.2) is 15.9 Å². The zero-order valence-corrected chi connectivity index (χ0v) is 15.3. The summed E-state index contributed by atoms with van der Waals surface area (Å²) in [5.74, 6) is 0. The fourth-order valence-electron chi connectivity index (χ4n) is 2.50. The van der Waals surface area contributed by atoms with Crippen LogP contribution >= 0.6 is 0 Å². The summed E-state index contributed by atoms with van der Waals surface area (Å²) < 4.78 is 6.09. The fourth-order valence-corrected chi connectivity index (χ4v) is 3.96. The van der Waals surface area contributed by atoms with Crippen LogP contribution in [0.2, 0.25) is 6.04 Å². The smallest absolute Gasteiger partial charge is 0.161 e. The maximum atomic E-state index is 6.09. The first-order valence-corrected chi connectivity index (χ1v) is 10.5. The quantitative estimate of drug-likeness (QED) is 0.281. The molecule has 116 valence electrons. The summed E-state index contributed by atoms with van der Waals surface area (Å²) in [5.41, 5.74) is 0. The van der Waals surface area contributed by atoms with Crippen LogP contribution in [0.5, 0.6) is 0 Å². The third kappa shape index (κ3) is 14.4. The van der Waals surface area contributed by atoms with Crippen molar-refractivity contribution in [2.45, 2.75) is 110 Å². The van der Waals surface area contributed by atoms with E-state index >= 15 is 0 Å². The topological polar surface area (TPSA) is 9.23 Å². The maximum absolute atomic E-state index is 6.09. The molecule has 2 heteroatoms. The second-order valence-electron chi connectivity index (χ2n) is 5.87. The average Bonchev–Trinajstić information content (AvgIpc) is 2.44. The average molecular weight is 287 g/mol. The van der Waals surface area contributed by atoms with Gasteiger partial charge in [-0.25, -0.2) is 0 Å². The SMILES string of the molecule is CCCCCCCCCC[SiH2]OC(CC)CCCC. The van der Waals surface area contributed by atoms with Gasteiger partial charge in [0.25, 0.3) is 0 Å². The molecule has 0 aliphatic heterocycles. The van der Waals surface area contributed by atoms with Gasteiger partial charge in [-0.2, -0.15) is 0 Å². The molecular weight excluding hydrogens is 248 g/mol. The van der Waals surface area contributed by atoms with E-state index in [0.717, 1.165) is 0 Å². The van der Waals surface area contributed by atoms with E-state index in [4.69, 9.17) is 4.43 Å². The molecule has 0 saturated heterocycles. The highest BCUT2D eigenvalue weighted by molar-refractivity contribution is 6.27.